The number of rotatable bonds is 7. The van der Waals surface area contributed by atoms with Crippen LogP contribution < -0.4 is 5.32 Å². The summed E-state index contributed by atoms with van der Waals surface area (Å²) in [5, 5.41) is 3.38. The Morgan fingerprint density at radius 3 is 2.71 bits per heavy atom. The van der Waals surface area contributed by atoms with Crippen molar-refractivity contribution in [3.63, 3.8) is 0 Å². The minimum absolute atomic E-state index is 0.679. The number of hydrogen-bond acceptors (Lipinski definition) is 4. The summed E-state index contributed by atoms with van der Waals surface area (Å²) < 4.78 is 5.65. The highest BCUT2D eigenvalue weighted by atomic mass is 16.5. The minimum atomic E-state index is 0.679. The van der Waals surface area contributed by atoms with Gasteiger partial charge >= 0.3 is 0 Å². The van der Waals surface area contributed by atoms with Gasteiger partial charge in [0.1, 0.15) is 0 Å². The monoisotopic (exact) mass is 243 g/mol. The minimum Gasteiger partial charge on any atom is -0.379 e. The fraction of sp³-hybridized carbons (Fsp3) is 1.00. The van der Waals surface area contributed by atoms with Crippen molar-refractivity contribution in [1.29, 1.82) is 0 Å². The van der Waals surface area contributed by atoms with E-state index in [0.717, 1.165) is 26.3 Å². The van der Waals surface area contributed by atoms with Crippen LogP contribution in [0.5, 0.6) is 0 Å². The average Bonchev–Trinajstić information content (AvgIpc) is 2.30. The van der Waals surface area contributed by atoms with E-state index in [1.165, 1.54) is 19.4 Å². The standard InChI is InChI=1S/C13H29N3O/c1-12-11-13(14-2)5-6-16(12)8-10-17-9-7-15(3)4/h12-14H,5-11H2,1-4H3. The average molecular weight is 243 g/mol. The highest BCUT2D eigenvalue weighted by molar-refractivity contribution is 4.81. The summed E-state index contributed by atoms with van der Waals surface area (Å²) in [4.78, 5) is 4.70. The molecule has 0 aliphatic carbocycles. The van der Waals surface area contributed by atoms with Crippen molar-refractivity contribution in [2.75, 3.05) is 54.0 Å². The maximum absolute atomic E-state index is 5.65. The second-order valence-corrected chi connectivity index (χ2v) is 5.31. The second kappa shape index (κ2) is 8.03. The van der Waals surface area contributed by atoms with E-state index in [9.17, 15) is 0 Å². The highest BCUT2D eigenvalue weighted by Gasteiger charge is 2.23. The summed E-state index contributed by atoms with van der Waals surface area (Å²) in [5.74, 6) is 0. The Labute approximate surface area is 106 Å². The number of likely N-dealkylation sites (tertiary alicyclic amines) is 1. The lowest BCUT2D eigenvalue weighted by molar-refractivity contribution is 0.0638. The number of piperidine rings is 1. The van der Waals surface area contributed by atoms with Gasteiger partial charge in [0.2, 0.25) is 0 Å². The zero-order chi connectivity index (χ0) is 12.7. The summed E-state index contributed by atoms with van der Waals surface area (Å²) in [5.41, 5.74) is 0. The third-order valence-electron chi connectivity index (χ3n) is 3.63. The second-order valence-electron chi connectivity index (χ2n) is 5.31. The van der Waals surface area contributed by atoms with Crippen LogP contribution in [0.25, 0.3) is 0 Å². The molecule has 4 heteroatoms. The molecule has 4 nitrogen and oxygen atoms in total. The first-order valence-electron chi connectivity index (χ1n) is 6.77. The van der Waals surface area contributed by atoms with Crippen LogP contribution in [0, 0.1) is 0 Å². The van der Waals surface area contributed by atoms with Gasteiger partial charge < -0.3 is 15.0 Å². The van der Waals surface area contributed by atoms with Crippen LogP contribution in [-0.4, -0.2) is 75.9 Å². The molecule has 0 bridgehead atoms. The maximum Gasteiger partial charge on any atom is 0.0594 e. The third kappa shape index (κ3) is 5.82. The molecule has 1 saturated heterocycles. The van der Waals surface area contributed by atoms with Gasteiger partial charge in [-0.15, -0.1) is 0 Å². The normalized spacial score (nSPS) is 26.6. The predicted octanol–water partition coefficient (Wildman–Crippen LogP) is 0.637. The van der Waals surface area contributed by atoms with E-state index in [-0.39, 0.29) is 0 Å². The van der Waals surface area contributed by atoms with E-state index in [2.05, 4.69) is 43.2 Å². The zero-order valence-electron chi connectivity index (χ0n) is 11.9. The third-order valence-corrected chi connectivity index (χ3v) is 3.63. The maximum atomic E-state index is 5.65. The van der Waals surface area contributed by atoms with E-state index in [0.29, 0.717) is 12.1 Å². The Balaban J connectivity index is 2.07. The van der Waals surface area contributed by atoms with Gasteiger partial charge in [-0.05, 0) is 47.5 Å². The van der Waals surface area contributed by atoms with Gasteiger partial charge in [-0.1, -0.05) is 0 Å². The molecule has 2 atom stereocenters. The lowest BCUT2D eigenvalue weighted by Gasteiger charge is -2.37. The topological polar surface area (TPSA) is 27.7 Å². The molecule has 1 heterocycles. The summed E-state index contributed by atoms with van der Waals surface area (Å²) in [6.07, 6.45) is 2.52. The van der Waals surface area contributed by atoms with Crippen molar-refractivity contribution >= 4 is 0 Å². The fourth-order valence-corrected chi connectivity index (χ4v) is 2.35. The van der Waals surface area contributed by atoms with Crippen molar-refractivity contribution in [3.05, 3.63) is 0 Å². The van der Waals surface area contributed by atoms with Crippen molar-refractivity contribution in [2.24, 2.45) is 0 Å². The molecule has 0 saturated carbocycles. The first-order chi connectivity index (χ1) is 8.13. The van der Waals surface area contributed by atoms with Crippen molar-refractivity contribution < 1.29 is 4.74 Å². The number of hydrogen-bond donors (Lipinski definition) is 1. The molecule has 0 radical (unpaired) electrons. The molecule has 17 heavy (non-hydrogen) atoms. The lowest BCUT2D eigenvalue weighted by atomic mass is 9.99. The molecule has 0 spiro atoms. The summed E-state index contributed by atoms with van der Waals surface area (Å²) >= 11 is 0. The molecule has 1 N–H and O–H groups in total. The van der Waals surface area contributed by atoms with Gasteiger partial charge in [0, 0.05) is 25.2 Å². The molecule has 1 fully saturated rings. The van der Waals surface area contributed by atoms with E-state index in [1.807, 2.05) is 0 Å². The Kier molecular flexibility index (Phi) is 7.04. The predicted molar refractivity (Wildman–Crippen MR) is 72.5 cm³/mol. The first kappa shape index (κ1) is 14.9. The largest absolute Gasteiger partial charge is 0.379 e. The Morgan fingerprint density at radius 2 is 2.12 bits per heavy atom. The molecule has 0 aromatic heterocycles. The molecule has 0 amide bonds. The van der Waals surface area contributed by atoms with Crippen molar-refractivity contribution in [2.45, 2.75) is 31.8 Å². The van der Waals surface area contributed by atoms with Crippen LogP contribution in [0.2, 0.25) is 0 Å². The number of ether oxygens (including phenoxy) is 1. The van der Waals surface area contributed by atoms with Crippen LogP contribution in [0.1, 0.15) is 19.8 Å². The first-order valence-corrected chi connectivity index (χ1v) is 6.77. The molecule has 1 aliphatic heterocycles. The molecule has 0 aromatic rings. The molecule has 1 aliphatic rings. The van der Waals surface area contributed by atoms with Gasteiger partial charge in [0.15, 0.2) is 0 Å². The van der Waals surface area contributed by atoms with Gasteiger partial charge in [-0.3, -0.25) is 4.90 Å². The zero-order valence-corrected chi connectivity index (χ0v) is 11.9. The van der Waals surface area contributed by atoms with Crippen LogP contribution >= 0.6 is 0 Å². The molecular weight excluding hydrogens is 214 g/mol. The van der Waals surface area contributed by atoms with Gasteiger partial charge in [0.25, 0.3) is 0 Å². The van der Waals surface area contributed by atoms with E-state index >= 15 is 0 Å². The quantitative estimate of drug-likeness (QED) is 0.664. The van der Waals surface area contributed by atoms with E-state index in [4.69, 9.17) is 4.74 Å². The van der Waals surface area contributed by atoms with Gasteiger partial charge in [-0.25, -0.2) is 0 Å². The number of nitrogens with one attached hydrogen (secondary N) is 1. The molecule has 0 aromatic carbocycles. The van der Waals surface area contributed by atoms with Crippen LogP contribution in [0.4, 0.5) is 0 Å². The van der Waals surface area contributed by atoms with Crippen LogP contribution in [-0.2, 0) is 4.74 Å². The SMILES string of the molecule is CNC1CCN(CCOCCN(C)C)C(C)C1. The van der Waals surface area contributed by atoms with Crippen LogP contribution in [0.3, 0.4) is 0 Å². The van der Waals surface area contributed by atoms with E-state index in [1.54, 1.807) is 0 Å². The van der Waals surface area contributed by atoms with Crippen LogP contribution in [0.15, 0.2) is 0 Å². The highest BCUT2D eigenvalue weighted by Crippen LogP contribution is 2.16. The molecule has 2 unspecified atom stereocenters. The fourth-order valence-electron chi connectivity index (χ4n) is 2.35. The smallest absolute Gasteiger partial charge is 0.0594 e. The van der Waals surface area contributed by atoms with Gasteiger partial charge in [0.05, 0.1) is 13.2 Å². The van der Waals surface area contributed by atoms with Crippen molar-refractivity contribution in [1.82, 2.24) is 15.1 Å². The number of likely N-dealkylation sites (N-methyl/N-ethyl adjacent to an activating group) is 1. The molecular formula is C13H29N3O. The van der Waals surface area contributed by atoms with Gasteiger partial charge in [-0.2, -0.15) is 0 Å². The lowest BCUT2D eigenvalue weighted by Crippen LogP contribution is -2.47. The Bertz CT molecular complexity index is 199. The number of nitrogens with zero attached hydrogens (tertiary/aromatic N) is 2. The molecule has 102 valence electrons. The van der Waals surface area contributed by atoms with Crippen molar-refractivity contribution in [3.8, 4) is 0 Å². The summed E-state index contributed by atoms with van der Waals surface area (Å²) in [6.45, 7) is 7.31. The summed E-state index contributed by atoms with van der Waals surface area (Å²) in [6, 6.07) is 1.38. The molecule has 1 rings (SSSR count). The Morgan fingerprint density at radius 1 is 1.35 bits per heavy atom. The summed E-state index contributed by atoms with van der Waals surface area (Å²) in [7, 11) is 6.22. The Hall–Kier alpha value is -0.160. The van der Waals surface area contributed by atoms with E-state index < -0.39 is 0 Å².